The fourth-order valence-corrected chi connectivity index (χ4v) is 2.18. The van der Waals surface area contributed by atoms with Gasteiger partial charge in [-0.25, -0.2) is 0 Å². The minimum atomic E-state index is 0.671. The van der Waals surface area contributed by atoms with Gasteiger partial charge in [0, 0.05) is 11.4 Å². The van der Waals surface area contributed by atoms with Crippen molar-refractivity contribution in [2.45, 2.75) is 25.9 Å². The van der Waals surface area contributed by atoms with Gasteiger partial charge in [0.1, 0.15) is 5.76 Å². The van der Waals surface area contributed by atoms with Crippen molar-refractivity contribution in [3.8, 4) is 5.75 Å². The molecule has 3 nitrogen and oxygen atoms in total. The Hall–Kier alpha value is -1.48. The zero-order valence-corrected chi connectivity index (χ0v) is 10.2. The number of hydrogen-bond acceptors (Lipinski definition) is 3. The highest BCUT2D eigenvalue weighted by atomic mass is 16.5. The van der Waals surface area contributed by atoms with Crippen molar-refractivity contribution >= 4 is 11.0 Å². The number of benzene rings is 1. The predicted octanol–water partition coefficient (Wildman–Crippen LogP) is 2.94. The first-order valence-electron chi connectivity index (χ1n) is 6.06. The van der Waals surface area contributed by atoms with Crippen LogP contribution >= 0.6 is 0 Å². The van der Waals surface area contributed by atoms with Gasteiger partial charge in [-0.2, -0.15) is 0 Å². The van der Waals surface area contributed by atoms with E-state index >= 15 is 0 Å². The van der Waals surface area contributed by atoms with Crippen molar-refractivity contribution in [3.05, 3.63) is 30.0 Å². The van der Waals surface area contributed by atoms with Gasteiger partial charge < -0.3 is 14.5 Å². The summed E-state index contributed by atoms with van der Waals surface area (Å²) in [5.74, 6) is 2.59. The van der Waals surface area contributed by atoms with E-state index in [0.29, 0.717) is 6.04 Å². The maximum atomic E-state index is 5.82. The summed E-state index contributed by atoms with van der Waals surface area (Å²) in [6, 6.07) is 8.70. The summed E-state index contributed by atoms with van der Waals surface area (Å²) in [6.07, 6.45) is 1.28. The standard InChI is InChI=1S/C14H17NO2/c1-9-6-12(9)15-8-11-7-10-4-3-5-13(16-2)14(10)17-11/h3-5,7,9,12,15H,6,8H2,1-2H3. The van der Waals surface area contributed by atoms with Crippen LogP contribution in [0.4, 0.5) is 0 Å². The average Bonchev–Trinajstić information content (AvgIpc) is 2.89. The molecule has 17 heavy (non-hydrogen) atoms. The zero-order chi connectivity index (χ0) is 11.8. The predicted molar refractivity (Wildman–Crippen MR) is 67.2 cm³/mol. The van der Waals surface area contributed by atoms with E-state index in [9.17, 15) is 0 Å². The van der Waals surface area contributed by atoms with E-state index in [4.69, 9.17) is 9.15 Å². The highest BCUT2D eigenvalue weighted by molar-refractivity contribution is 5.83. The maximum absolute atomic E-state index is 5.82. The van der Waals surface area contributed by atoms with Crippen LogP contribution in [-0.2, 0) is 6.54 Å². The molecular weight excluding hydrogens is 214 g/mol. The number of hydrogen-bond donors (Lipinski definition) is 1. The van der Waals surface area contributed by atoms with Gasteiger partial charge in [0.15, 0.2) is 11.3 Å². The first-order valence-corrected chi connectivity index (χ1v) is 6.06. The third kappa shape index (κ3) is 2.03. The number of fused-ring (bicyclic) bond motifs is 1. The Labute approximate surface area is 101 Å². The second kappa shape index (κ2) is 4.08. The molecule has 0 bridgehead atoms. The Morgan fingerprint density at radius 1 is 1.47 bits per heavy atom. The Morgan fingerprint density at radius 3 is 3.00 bits per heavy atom. The van der Waals surface area contributed by atoms with E-state index in [-0.39, 0.29) is 0 Å². The largest absolute Gasteiger partial charge is 0.493 e. The van der Waals surface area contributed by atoms with Crippen LogP contribution in [0, 0.1) is 5.92 Å². The highest BCUT2D eigenvalue weighted by Crippen LogP contribution is 2.31. The first-order chi connectivity index (χ1) is 8.28. The summed E-state index contributed by atoms with van der Waals surface area (Å²) < 4.78 is 11.1. The van der Waals surface area contributed by atoms with Crippen LogP contribution in [0.1, 0.15) is 19.1 Å². The molecule has 3 rings (SSSR count). The Balaban J connectivity index is 1.81. The van der Waals surface area contributed by atoms with Crippen LogP contribution in [-0.4, -0.2) is 13.2 Å². The van der Waals surface area contributed by atoms with Crippen LogP contribution < -0.4 is 10.1 Å². The quantitative estimate of drug-likeness (QED) is 0.878. The molecule has 1 saturated carbocycles. The normalized spacial score (nSPS) is 22.9. The van der Waals surface area contributed by atoms with E-state index in [1.165, 1.54) is 6.42 Å². The summed E-state index contributed by atoms with van der Waals surface area (Å²) in [6.45, 7) is 3.06. The van der Waals surface area contributed by atoms with Crippen molar-refractivity contribution in [2.75, 3.05) is 7.11 Å². The SMILES string of the molecule is COc1cccc2cc(CNC3CC3C)oc12. The Morgan fingerprint density at radius 2 is 2.29 bits per heavy atom. The minimum Gasteiger partial charge on any atom is -0.493 e. The fourth-order valence-electron chi connectivity index (χ4n) is 2.18. The second-order valence-electron chi connectivity index (χ2n) is 4.79. The lowest BCUT2D eigenvalue weighted by Gasteiger charge is -2.00. The van der Waals surface area contributed by atoms with Crippen molar-refractivity contribution in [3.63, 3.8) is 0 Å². The molecule has 0 saturated heterocycles. The Kier molecular flexibility index (Phi) is 2.56. The summed E-state index contributed by atoms with van der Waals surface area (Å²) >= 11 is 0. The maximum Gasteiger partial charge on any atom is 0.176 e. The lowest BCUT2D eigenvalue weighted by Crippen LogP contribution is -2.16. The summed E-state index contributed by atoms with van der Waals surface area (Å²) in [4.78, 5) is 0. The van der Waals surface area contributed by atoms with E-state index in [1.54, 1.807) is 7.11 Å². The van der Waals surface area contributed by atoms with E-state index in [0.717, 1.165) is 34.9 Å². The molecule has 1 heterocycles. The molecule has 1 N–H and O–H groups in total. The summed E-state index contributed by atoms with van der Waals surface area (Å²) in [5.41, 5.74) is 0.843. The van der Waals surface area contributed by atoms with Crippen LogP contribution in [0.3, 0.4) is 0 Å². The van der Waals surface area contributed by atoms with Gasteiger partial charge in [-0.3, -0.25) is 0 Å². The molecule has 3 heteroatoms. The van der Waals surface area contributed by atoms with Crippen LogP contribution in [0.2, 0.25) is 0 Å². The van der Waals surface area contributed by atoms with Crippen LogP contribution in [0.25, 0.3) is 11.0 Å². The molecule has 2 unspecified atom stereocenters. The van der Waals surface area contributed by atoms with Gasteiger partial charge in [0.2, 0.25) is 0 Å². The van der Waals surface area contributed by atoms with Crippen LogP contribution in [0.15, 0.2) is 28.7 Å². The van der Waals surface area contributed by atoms with Crippen LogP contribution in [0.5, 0.6) is 5.75 Å². The highest BCUT2D eigenvalue weighted by Gasteiger charge is 2.31. The number of ether oxygens (including phenoxy) is 1. The van der Waals surface area contributed by atoms with Crippen molar-refractivity contribution < 1.29 is 9.15 Å². The molecule has 0 aliphatic heterocycles. The number of methoxy groups -OCH3 is 1. The molecule has 2 aromatic rings. The van der Waals surface area contributed by atoms with E-state index < -0.39 is 0 Å². The average molecular weight is 231 g/mol. The van der Waals surface area contributed by atoms with E-state index in [1.807, 2.05) is 18.2 Å². The number of nitrogens with one attached hydrogen (secondary N) is 1. The molecular formula is C14H17NO2. The Bertz CT molecular complexity index is 532. The molecule has 90 valence electrons. The van der Waals surface area contributed by atoms with Gasteiger partial charge in [-0.05, 0) is 24.5 Å². The van der Waals surface area contributed by atoms with Gasteiger partial charge >= 0.3 is 0 Å². The van der Waals surface area contributed by atoms with E-state index in [2.05, 4.69) is 18.3 Å². The molecule has 2 atom stereocenters. The zero-order valence-electron chi connectivity index (χ0n) is 10.2. The third-order valence-corrected chi connectivity index (χ3v) is 3.43. The van der Waals surface area contributed by atoms with Gasteiger partial charge in [-0.15, -0.1) is 0 Å². The molecule has 0 radical (unpaired) electrons. The van der Waals surface area contributed by atoms with Crippen molar-refractivity contribution in [1.82, 2.24) is 5.32 Å². The third-order valence-electron chi connectivity index (χ3n) is 3.43. The fraction of sp³-hybridized carbons (Fsp3) is 0.429. The molecule has 0 amide bonds. The topological polar surface area (TPSA) is 34.4 Å². The summed E-state index contributed by atoms with van der Waals surface area (Å²) in [7, 11) is 1.67. The smallest absolute Gasteiger partial charge is 0.176 e. The summed E-state index contributed by atoms with van der Waals surface area (Å²) in [5, 5.41) is 4.59. The molecule has 1 aromatic carbocycles. The lowest BCUT2D eigenvalue weighted by atomic mass is 10.2. The molecule has 1 aliphatic rings. The van der Waals surface area contributed by atoms with Crippen molar-refractivity contribution in [2.24, 2.45) is 5.92 Å². The van der Waals surface area contributed by atoms with Gasteiger partial charge in [0.05, 0.1) is 13.7 Å². The molecule has 1 fully saturated rings. The first kappa shape index (κ1) is 10.7. The van der Waals surface area contributed by atoms with Gasteiger partial charge in [-0.1, -0.05) is 19.1 Å². The minimum absolute atomic E-state index is 0.671. The lowest BCUT2D eigenvalue weighted by molar-refractivity contribution is 0.406. The number of furan rings is 1. The van der Waals surface area contributed by atoms with Gasteiger partial charge in [0.25, 0.3) is 0 Å². The second-order valence-corrected chi connectivity index (χ2v) is 4.79. The molecule has 0 spiro atoms. The molecule has 1 aliphatic carbocycles. The van der Waals surface area contributed by atoms with Crippen molar-refractivity contribution in [1.29, 1.82) is 0 Å². The molecule has 1 aromatic heterocycles. The number of para-hydroxylation sites is 1. The monoisotopic (exact) mass is 231 g/mol. The number of rotatable bonds is 4.